The fourth-order valence-electron chi connectivity index (χ4n) is 3.09. The van der Waals surface area contributed by atoms with Crippen molar-refractivity contribution in [2.24, 2.45) is 5.92 Å². The molecule has 0 aromatic heterocycles. The van der Waals surface area contributed by atoms with E-state index in [0.717, 1.165) is 12.8 Å². The van der Waals surface area contributed by atoms with E-state index in [4.69, 9.17) is 0 Å². The largest absolute Gasteiger partial charge is 0.393 e. The zero-order valence-corrected chi connectivity index (χ0v) is 10.8. The molecule has 1 unspecified atom stereocenters. The number of aliphatic hydroxyl groups is 1. The van der Waals surface area contributed by atoms with Crippen LogP contribution in [-0.4, -0.2) is 30.2 Å². The third-order valence-electron chi connectivity index (χ3n) is 3.88. The Morgan fingerprint density at radius 1 is 1.12 bits per heavy atom. The molecule has 0 radical (unpaired) electrons. The van der Waals surface area contributed by atoms with Gasteiger partial charge in [0.15, 0.2) is 0 Å². The SMILES string of the molecule is CN(C)C(c1ccccc1)[C@H]1CCCC[C@@H]1O. The number of rotatable bonds is 3. The Labute approximate surface area is 104 Å². The van der Waals surface area contributed by atoms with Crippen molar-refractivity contribution < 1.29 is 5.11 Å². The highest BCUT2D eigenvalue weighted by Gasteiger charge is 2.32. The molecular formula is C15H23NO. The summed E-state index contributed by atoms with van der Waals surface area (Å²) in [5.41, 5.74) is 1.32. The first-order chi connectivity index (χ1) is 8.20. The molecule has 2 heteroatoms. The van der Waals surface area contributed by atoms with Crippen LogP contribution >= 0.6 is 0 Å². The second-order valence-corrected chi connectivity index (χ2v) is 5.33. The summed E-state index contributed by atoms with van der Waals surface area (Å²) in [6, 6.07) is 10.9. The second-order valence-electron chi connectivity index (χ2n) is 5.33. The Bertz CT molecular complexity index is 336. The molecule has 0 bridgehead atoms. The first-order valence-corrected chi connectivity index (χ1v) is 6.59. The molecule has 0 saturated heterocycles. The average molecular weight is 233 g/mol. The lowest BCUT2D eigenvalue weighted by Crippen LogP contribution is -2.36. The van der Waals surface area contributed by atoms with Gasteiger partial charge in [-0.15, -0.1) is 0 Å². The van der Waals surface area contributed by atoms with Crippen LogP contribution in [0.3, 0.4) is 0 Å². The van der Waals surface area contributed by atoms with Crippen LogP contribution in [0.4, 0.5) is 0 Å². The van der Waals surface area contributed by atoms with Gasteiger partial charge < -0.3 is 10.0 Å². The van der Waals surface area contributed by atoms with Crippen LogP contribution in [-0.2, 0) is 0 Å². The molecule has 1 aromatic rings. The summed E-state index contributed by atoms with van der Waals surface area (Å²) >= 11 is 0. The lowest BCUT2D eigenvalue weighted by Gasteiger charge is -2.38. The van der Waals surface area contributed by atoms with E-state index in [1.54, 1.807) is 0 Å². The van der Waals surface area contributed by atoms with Gasteiger partial charge in [-0.3, -0.25) is 0 Å². The summed E-state index contributed by atoms with van der Waals surface area (Å²) in [4.78, 5) is 2.24. The molecule has 0 spiro atoms. The third-order valence-corrected chi connectivity index (χ3v) is 3.88. The average Bonchev–Trinajstić information content (AvgIpc) is 2.33. The van der Waals surface area contributed by atoms with E-state index in [9.17, 15) is 5.11 Å². The summed E-state index contributed by atoms with van der Waals surface area (Å²) in [6.45, 7) is 0. The molecular weight excluding hydrogens is 210 g/mol. The zero-order chi connectivity index (χ0) is 12.3. The molecule has 1 fully saturated rings. The van der Waals surface area contributed by atoms with E-state index >= 15 is 0 Å². The fraction of sp³-hybridized carbons (Fsp3) is 0.600. The smallest absolute Gasteiger partial charge is 0.0586 e. The second kappa shape index (κ2) is 5.65. The first-order valence-electron chi connectivity index (χ1n) is 6.59. The number of hydrogen-bond donors (Lipinski definition) is 1. The predicted octanol–water partition coefficient (Wildman–Crippen LogP) is 2.84. The van der Waals surface area contributed by atoms with Gasteiger partial charge in [0.05, 0.1) is 6.10 Å². The molecule has 0 aliphatic heterocycles. The highest BCUT2D eigenvalue weighted by Crippen LogP contribution is 2.37. The molecule has 0 heterocycles. The number of aliphatic hydroxyl groups excluding tert-OH is 1. The fourth-order valence-corrected chi connectivity index (χ4v) is 3.09. The van der Waals surface area contributed by atoms with Crippen LogP contribution < -0.4 is 0 Å². The molecule has 1 aliphatic carbocycles. The molecule has 2 nitrogen and oxygen atoms in total. The van der Waals surface area contributed by atoms with Crippen LogP contribution in [0.5, 0.6) is 0 Å². The minimum Gasteiger partial charge on any atom is -0.393 e. The molecule has 1 saturated carbocycles. The maximum atomic E-state index is 10.2. The molecule has 1 N–H and O–H groups in total. The molecule has 2 rings (SSSR count). The normalized spacial score (nSPS) is 27.1. The van der Waals surface area contributed by atoms with Gasteiger partial charge in [0.2, 0.25) is 0 Å². The minimum absolute atomic E-state index is 0.142. The van der Waals surface area contributed by atoms with E-state index in [1.165, 1.54) is 18.4 Å². The molecule has 1 aliphatic rings. The Morgan fingerprint density at radius 2 is 1.76 bits per heavy atom. The van der Waals surface area contributed by atoms with Gasteiger partial charge in [0.1, 0.15) is 0 Å². The summed E-state index contributed by atoms with van der Waals surface area (Å²) in [6.07, 6.45) is 4.38. The molecule has 3 atom stereocenters. The molecule has 0 amide bonds. The van der Waals surface area contributed by atoms with Crippen LogP contribution in [0.15, 0.2) is 30.3 Å². The van der Waals surface area contributed by atoms with Crippen molar-refractivity contribution in [2.75, 3.05) is 14.1 Å². The van der Waals surface area contributed by atoms with Crippen LogP contribution in [0.1, 0.15) is 37.3 Å². The zero-order valence-electron chi connectivity index (χ0n) is 10.8. The van der Waals surface area contributed by atoms with Gasteiger partial charge in [0.25, 0.3) is 0 Å². The predicted molar refractivity (Wildman–Crippen MR) is 70.8 cm³/mol. The number of benzene rings is 1. The van der Waals surface area contributed by atoms with Gasteiger partial charge in [-0.2, -0.15) is 0 Å². The lowest BCUT2D eigenvalue weighted by atomic mass is 9.78. The summed E-state index contributed by atoms with van der Waals surface area (Å²) in [5, 5.41) is 10.2. The van der Waals surface area contributed by atoms with Crippen molar-refractivity contribution in [2.45, 2.75) is 37.8 Å². The number of nitrogens with zero attached hydrogens (tertiary/aromatic N) is 1. The van der Waals surface area contributed by atoms with Crippen molar-refractivity contribution in [3.63, 3.8) is 0 Å². The van der Waals surface area contributed by atoms with Gasteiger partial charge in [-0.05, 0) is 32.5 Å². The van der Waals surface area contributed by atoms with Crippen LogP contribution in [0.25, 0.3) is 0 Å². The van der Waals surface area contributed by atoms with Crippen LogP contribution in [0, 0.1) is 5.92 Å². The topological polar surface area (TPSA) is 23.5 Å². The summed E-state index contributed by atoms with van der Waals surface area (Å²) in [7, 11) is 4.22. The van der Waals surface area contributed by atoms with Gasteiger partial charge in [-0.25, -0.2) is 0 Å². The third kappa shape index (κ3) is 2.88. The van der Waals surface area contributed by atoms with Crippen molar-refractivity contribution >= 4 is 0 Å². The molecule has 94 valence electrons. The summed E-state index contributed by atoms with van der Waals surface area (Å²) < 4.78 is 0. The van der Waals surface area contributed by atoms with E-state index in [0.29, 0.717) is 12.0 Å². The quantitative estimate of drug-likeness (QED) is 0.867. The highest BCUT2D eigenvalue weighted by atomic mass is 16.3. The van der Waals surface area contributed by atoms with Gasteiger partial charge in [-0.1, -0.05) is 43.2 Å². The standard InChI is InChI=1S/C15H23NO/c1-16(2)15(12-8-4-3-5-9-12)13-10-6-7-11-14(13)17/h3-5,8-9,13-15,17H,6-7,10-11H2,1-2H3/t13-,14-,15?/m0/s1. The minimum atomic E-state index is -0.142. The van der Waals surface area contributed by atoms with Crippen molar-refractivity contribution in [3.05, 3.63) is 35.9 Å². The Morgan fingerprint density at radius 3 is 2.35 bits per heavy atom. The maximum absolute atomic E-state index is 10.2. The van der Waals surface area contributed by atoms with Crippen molar-refractivity contribution in [1.29, 1.82) is 0 Å². The lowest BCUT2D eigenvalue weighted by molar-refractivity contribution is 0.0221. The Balaban J connectivity index is 2.22. The molecule has 1 aromatic carbocycles. The van der Waals surface area contributed by atoms with E-state index in [-0.39, 0.29) is 6.10 Å². The van der Waals surface area contributed by atoms with Gasteiger partial charge in [0, 0.05) is 12.0 Å². The Hall–Kier alpha value is -0.860. The molecule has 17 heavy (non-hydrogen) atoms. The van der Waals surface area contributed by atoms with E-state index in [1.807, 2.05) is 6.07 Å². The van der Waals surface area contributed by atoms with E-state index in [2.05, 4.69) is 43.3 Å². The highest BCUT2D eigenvalue weighted by molar-refractivity contribution is 5.20. The summed E-state index contributed by atoms with van der Waals surface area (Å²) in [5.74, 6) is 0.376. The van der Waals surface area contributed by atoms with Crippen molar-refractivity contribution in [3.8, 4) is 0 Å². The monoisotopic (exact) mass is 233 g/mol. The van der Waals surface area contributed by atoms with Crippen LogP contribution in [0.2, 0.25) is 0 Å². The maximum Gasteiger partial charge on any atom is 0.0586 e. The first kappa shape index (κ1) is 12.6. The Kier molecular flexibility index (Phi) is 4.19. The van der Waals surface area contributed by atoms with E-state index < -0.39 is 0 Å². The van der Waals surface area contributed by atoms with Gasteiger partial charge >= 0.3 is 0 Å². The van der Waals surface area contributed by atoms with Crippen molar-refractivity contribution in [1.82, 2.24) is 4.90 Å². The number of hydrogen-bond acceptors (Lipinski definition) is 2.